The second-order valence-corrected chi connectivity index (χ2v) is 8.06. The molecule has 2 aliphatic heterocycles. The molecule has 11 nitrogen and oxygen atoms in total. The molecule has 4 amide bonds. The van der Waals surface area contributed by atoms with Gasteiger partial charge < -0.3 is 21.1 Å². The quantitative estimate of drug-likeness (QED) is 0.317. The SMILES string of the molecule is CN/C=C(/NC(=O)c1cccc(N2C[C@@H](CO)NC2=O)n1)C(=N)N1CCC(C)(C)C1=O. The van der Waals surface area contributed by atoms with Crippen LogP contribution in [0.25, 0.3) is 0 Å². The number of anilines is 1. The standard InChI is InChI=1S/C20H27N7O4/c1-20(2)7-8-26(18(20)30)16(21)14(9-22-3)25-17(29)13-5-4-6-15(24-13)27-10-12(11-28)23-19(27)31/h4-6,9,12,21-22,28H,7-8,10-11H2,1-3H3,(H,23,31)(H,25,29)/b14-9+,21-16?/t12-/m0/s1. The third kappa shape index (κ3) is 4.50. The molecule has 0 unspecified atom stereocenters. The zero-order chi connectivity index (χ0) is 22.8. The van der Waals surface area contributed by atoms with Crippen molar-refractivity contribution in [2.45, 2.75) is 26.3 Å². The molecule has 3 rings (SSSR count). The van der Waals surface area contributed by atoms with Crippen molar-refractivity contribution >= 4 is 29.5 Å². The molecule has 1 aromatic rings. The molecule has 0 radical (unpaired) electrons. The molecule has 3 heterocycles. The number of nitrogens with zero attached hydrogens (tertiary/aromatic N) is 3. The van der Waals surface area contributed by atoms with Crippen molar-refractivity contribution in [1.82, 2.24) is 25.8 Å². The molecule has 31 heavy (non-hydrogen) atoms. The largest absolute Gasteiger partial charge is 0.394 e. The summed E-state index contributed by atoms with van der Waals surface area (Å²) in [5.74, 6) is -0.601. The maximum atomic E-state index is 12.8. The molecule has 166 valence electrons. The van der Waals surface area contributed by atoms with Crippen LogP contribution in [0.5, 0.6) is 0 Å². The lowest BCUT2D eigenvalue weighted by atomic mass is 9.92. The van der Waals surface area contributed by atoms with E-state index in [-0.39, 0.29) is 42.1 Å². The van der Waals surface area contributed by atoms with Crippen LogP contribution >= 0.6 is 0 Å². The Hall–Kier alpha value is -3.47. The van der Waals surface area contributed by atoms with Crippen molar-refractivity contribution in [3.63, 3.8) is 0 Å². The predicted molar refractivity (Wildman–Crippen MR) is 113 cm³/mol. The molecule has 1 atom stereocenters. The van der Waals surface area contributed by atoms with E-state index >= 15 is 0 Å². The molecular weight excluding hydrogens is 402 g/mol. The zero-order valence-electron chi connectivity index (χ0n) is 17.7. The number of likely N-dealkylation sites (tertiary alicyclic amines) is 1. The molecule has 11 heteroatoms. The second kappa shape index (κ2) is 8.72. The number of aliphatic hydroxyl groups is 1. The molecule has 0 spiro atoms. The number of aliphatic hydroxyl groups excluding tert-OH is 1. The molecular formula is C20H27N7O4. The number of nitrogens with one attached hydrogen (secondary N) is 4. The highest BCUT2D eigenvalue weighted by molar-refractivity contribution is 6.10. The number of amidine groups is 1. The van der Waals surface area contributed by atoms with E-state index in [1.54, 1.807) is 19.2 Å². The first-order valence-electron chi connectivity index (χ1n) is 9.93. The van der Waals surface area contributed by atoms with E-state index in [0.717, 1.165) is 0 Å². The highest BCUT2D eigenvalue weighted by Gasteiger charge is 2.41. The van der Waals surface area contributed by atoms with Gasteiger partial charge in [-0.2, -0.15) is 0 Å². The first-order chi connectivity index (χ1) is 14.7. The van der Waals surface area contributed by atoms with E-state index in [1.807, 2.05) is 13.8 Å². The minimum absolute atomic E-state index is 0.0422. The summed E-state index contributed by atoms with van der Waals surface area (Å²) < 4.78 is 0. The van der Waals surface area contributed by atoms with Crippen LogP contribution in [-0.4, -0.2) is 71.5 Å². The van der Waals surface area contributed by atoms with E-state index in [1.165, 1.54) is 22.1 Å². The maximum absolute atomic E-state index is 12.8. The van der Waals surface area contributed by atoms with Gasteiger partial charge in [-0.15, -0.1) is 0 Å². The van der Waals surface area contributed by atoms with Gasteiger partial charge in [0, 0.05) is 25.2 Å². The summed E-state index contributed by atoms with van der Waals surface area (Å²) in [6.45, 7) is 4.08. The van der Waals surface area contributed by atoms with Crippen LogP contribution in [-0.2, 0) is 4.79 Å². The zero-order valence-corrected chi connectivity index (χ0v) is 17.7. The van der Waals surface area contributed by atoms with Gasteiger partial charge in [0.1, 0.15) is 11.5 Å². The lowest BCUT2D eigenvalue weighted by Gasteiger charge is -2.22. The molecule has 5 N–H and O–H groups in total. The summed E-state index contributed by atoms with van der Waals surface area (Å²) in [6.07, 6.45) is 2.05. The minimum Gasteiger partial charge on any atom is -0.394 e. The number of aromatic nitrogens is 1. The van der Waals surface area contributed by atoms with Crippen molar-refractivity contribution in [2.75, 3.05) is 31.6 Å². The second-order valence-electron chi connectivity index (χ2n) is 8.06. The molecule has 2 fully saturated rings. The van der Waals surface area contributed by atoms with E-state index in [0.29, 0.717) is 13.0 Å². The summed E-state index contributed by atoms with van der Waals surface area (Å²) in [5, 5.41) is 25.7. The van der Waals surface area contributed by atoms with Crippen LogP contribution in [0.3, 0.4) is 0 Å². The van der Waals surface area contributed by atoms with Crippen molar-refractivity contribution in [3.05, 3.63) is 35.8 Å². The highest BCUT2D eigenvalue weighted by atomic mass is 16.3. The van der Waals surface area contributed by atoms with Gasteiger partial charge in [0.2, 0.25) is 5.91 Å². The van der Waals surface area contributed by atoms with E-state index in [2.05, 4.69) is 20.9 Å². The van der Waals surface area contributed by atoms with Crippen molar-refractivity contribution in [2.24, 2.45) is 5.41 Å². The molecule has 0 saturated carbocycles. The topological polar surface area (TPSA) is 151 Å². The van der Waals surface area contributed by atoms with Crippen LogP contribution in [0.1, 0.15) is 30.8 Å². The predicted octanol–water partition coefficient (Wildman–Crippen LogP) is -0.00153. The molecule has 0 bridgehead atoms. The lowest BCUT2D eigenvalue weighted by molar-refractivity contribution is -0.131. The van der Waals surface area contributed by atoms with Crippen LogP contribution in [0.15, 0.2) is 30.1 Å². The number of rotatable bonds is 6. The van der Waals surface area contributed by atoms with Gasteiger partial charge in [0.15, 0.2) is 5.84 Å². The number of amides is 4. The molecule has 2 saturated heterocycles. The number of urea groups is 1. The monoisotopic (exact) mass is 429 g/mol. The number of hydrogen-bond acceptors (Lipinski definition) is 7. The van der Waals surface area contributed by atoms with Crippen LogP contribution in [0.4, 0.5) is 10.6 Å². The van der Waals surface area contributed by atoms with Gasteiger partial charge in [-0.3, -0.25) is 24.8 Å². The summed E-state index contributed by atoms with van der Waals surface area (Å²) in [4.78, 5) is 44.4. The van der Waals surface area contributed by atoms with Crippen molar-refractivity contribution < 1.29 is 19.5 Å². The summed E-state index contributed by atoms with van der Waals surface area (Å²) >= 11 is 0. The summed E-state index contributed by atoms with van der Waals surface area (Å²) in [5.41, 5.74) is -0.384. The summed E-state index contributed by atoms with van der Waals surface area (Å²) in [7, 11) is 1.62. The Labute approximate surface area is 180 Å². The van der Waals surface area contributed by atoms with E-state index in [4.69, 9.17) is 5.41 Å². The van der Waals surface area contributed by atoms with E-state index in [9.17, 15) is 19.5 Å². The Morgan fingerprint density at radius 1 is 1.42 bits per heavy atom. The van der Waals surface area contributed by atoms with E-state index < -0.39 is 23.4 Å². The third-order valence-corrected chi connectivity index (χ3v) is 5.29. The molecule has 0 aromatic carbocycles. The molecule has 2 aliphatic rings. The fourth-order valence-electron chi connectivity index (χ4n) is 3.42. The van der Waals surface area contributed by atoms with Crippen molar-refractivity contribution in [1.29, 1.82) is 5.41 Å². The van der Waals surface area contributed by atoms with Gasteiger partial charge in [-0.25, -0.2) is 9.78 Å². The molecule has 0 aliphatic carbocycles. The van der Waals surface area contributed by atoms with Gasteiger partial charge in [0.05, 0.1) is 24.9 Å². The number of hydrogen-bond donors (Lipinski definition) is 5. The molecule has 1 aromatic heterocycles. The maximum Gasteiger partial charge on any atom is 0.323 e. The van der Waals surface area contributed by atoms with Crippen LogP contribution < -0.4 is 20.9 Å². The average molecular weight is 429 g/mol. The number of carbonyl (C=O) groups is 3. The smallest absolute Gasteiger partial charge is 0.323 e. The van der Waals surface area contributed by atoms with Gasteiger partial charge >= 0.3 is 6.03 Å². The number of pyridine rings is 1. The van der Waals surface area contributed by atoms with Crippen molar-refractivity contribution in [3.8, 4) is 0 Å². The fourth-order valence-corrected chi connectivity index (χ4v) is 3.42. The lowest BCUT2D eigenvalue weighted by Crippen LogP contribution is -2.41. The summed E-state index contributed by atoms with van der Waals surface area (Å²) in [6, 6.07) is 3.86. The average Bonchev–Trinajstić information content (AvgIpc) is 3.26. The fraction of sp³-hybridized carbons (Fsp3) is 0.450. The van der Waals surface area contributed by atoms with Crippen LogP contribution in [0.2, 0.25) is 0 Å². The Morgan fingerprint density at radius 2 is 2.16 bits per heavy atom. The Kier molecular flexibility index (Phi) is 6.25. The first-order valence-corrected chi connectivity index (χ1v) is 9.93. The minimum atomic E-state index is -0.586. The highest BCUT2D eigenvalue weighted by Crippen LogP contribution is 2.31. The van der Waals surface area contributed by atoms with Gasteiger partial charge in [-0.1, -0.05) is 19.9 Å². The van der Waals surface area contributed by atoms with Gasteiger partial charge in [0.25, 0.3) is 5.91 Å². The van der Waals surface area contributed by atoms with Gasteiger partial charge in [-0.05, 0) is 18.6 Å². The number of carbonyl (C=O) groups excluding carboxylic acids is 3. The van der Waals surface area contributed by atoms with Crippen LogP contribution in [0, 0.1) is 10.8 Å². The first kappa shape index (κ1) is 22.2. The Balaban J connectivity index is 1.76. The third-order valence-electron chi connectivity index (χ3n) is 5.29. The Bertz CT molecular complexity index is 943. The Morgan fingerprint density at radius 3 is 2.74 bits per heavy atom. The normalized spacial score (nSPS) is 20.6.